The van der Waals surface area contributed by atoms with E-state index in [2.05, 4.69) is 86.9 Å². The Bertz CT molecular complexity index is 1740. The van der Waals surface area contributed by atoms with Crippen molar-refractivity contribution in [3.63, 3.8) is 0 Å². The summed E-state index contributed by atoms with van der Waals surface area (Å²) in [4.78, 5) is 9.09. The molecule has 0 aliphatic carbocycles. The van der Waals surface area contributed by atoms with Gasteiger partial charge in [-0.3, -0.25) is 0 Å². The fraction of sp³-hybridized carbons (Fsp3) is 0.222. The molecule has 0 atom stereocenters. The van der Waals surface area contributed by atoms with Crippen LogP contribution in [0.3, 0.4) is 0 Å². The fourth-order valence-corrected chi connectivity index (χ4v) is 6.70. The Kier molecular flexibility index (Phi) is 9.75. The van der Waals surface area contributed by atoms with Gasteiger partial charge in [-0.1, -0.05) is 93.3 Å². The van der Waals surface area contributed by atoms with Crippen LogP contribution >= 0.6 is 0 Å². The summed E-state index contributed by atoms with van der Waals surface area (Å²) in [5, 5.41) is 3.79. The maximum atomic E-state index is 6.05. The van der Waals surface area contributed by atoms with Gasteiger partial charge in [0.15, 0.2) is 0 Å². The Hall–Kier alpha value is -3.37. The van der Waals surface area contributed by atoms with Crippen molar-refractivity contribution in [2.45, 2.75) is 46.8 Å². The molecule has 0 aliphatic heterocycles. The van der Waals surface area contributed by atoms with E-state index < -0.39 is 8.07 Å². The SMILES string of the molecule is CC(C)Cc1cc(-c2[c-]cccc2)ncc1[Si](C)(C)C.Cc1c[c-]c(-c2ccccn2)c2oc3ccccc3c12.[Ir]. The molecule has 0 amide bonds. The molecule has 0 saturated heterocycles. The molecular weight excluding hydrogens is 697 g/mol. The number of pyridine rings is 2. The summed E-state index contributed by atoms with van der Waals surface area (Å²) >= 11 is 0. The molecule has 5 heteroatoms. The molecule has 0 spiro atoms. The Labute approximate surface area is 258 Å². The predicted octanol–water partition coefficient (Wildman–Crippen LogP) is 9.05. The first kappa shape index (κ1) is 30.6. The van der Waals surface area contributed by atoms with Crippen LogP contribution in [0.15, 0.2) is 95.7 Å². The van der Waals surface area contributed by atoms with Crippen molar-refractivity contribution in [3.8, 4) is 22.5 Å². The maximum Gasteiger partial charge on any atom is 0.120 e. The van der Waals surface area contributed by atoms with Gasteiger partial charge < -0.3 is 14.4 Å². The van der Waals surface area contributed by atoms with Crippen molar-refractivity contribution in [1.82, 2.24) is 9.97 Å². The maximum absolute atomic E-state index is 6.05. The molecule has 6 rings (SSSR count). The zero-order valence-electron chi connectivity index (χ0n) is 24.6. The van der Waals surface area contributed by atoms with Gasteiger partial charge in [0.05, 0.1) is 13.7 Å². The Morgan fingerprint density at radius 1 is 0.878 bits per heavy atom. The van der Waals surface area contributed by atoms with Crippen LogP contribution in [0.4, 0.5) is 0 Å². The molecule has 0 aliphatic rings. The largest absolute Gasteiger partial charge is 0.501 e. The van der Waals surface area contributed by atoms with Gasteiger partial charge in [0.1, 0.15) is 5.58 Å². The number of aromatic nitrogens is 2. The number of para-hydroxylation sites is 1. The second-order valence-corrected chi connectivity index (χ2v) is 16.8. The Morgan fingerprint density at radius 2 is 1.63 bits per heavy atom. The minimum Gasteiger partial charge on any atom is -0.501 e. The molecule has 3 aromatic carbocycles. The van der Waals surface area contributed by atoms with Crippen LogP contribution in [-0.2, 0) is 26.5 Å². The van der Waals surface area contributed by atoms with Gasteiger partial charge in [0, 0.05) is 37.9 Å². The second-order valence-electron chi connectivity index (χ2n) is 11.7. The van der Waals surface area contributed by atoms with Crippen molar-refractivity contribution in [3.05, 3.63) is 115 Å². The summed E-state index contributed by atoms with van der Waals surface area (Å²) in [6.45, 7) is 13.8. The minimum absolute atomic E-state index is 0. The monoisotopic (exact) mass is 733 g/mol. The van der Waals surface area contributed by atoms with Crippen molar-refractivity contribution in [1.29, 1.82) is 0 Å². The normalized spacial score (nSPS) is 11.3. The van der Waals surface area contributed by atoms with Crippen LogP contribution in [0.2, 0.25) is 19.6 Å². The first-order valence-electron chi connectivity index (χ1n) is 13.9. The zero-order valence-corrected chi connectivity index (χ0v) is 28.0. The third kappa shape index (κ3) is 6.93. The summed E-state index contributed by atoms with van der Waals surface area (Å²) in [5.41, 5.74) is 8.35. The number of benzene rings is 3. The molecule has 3 heterocycles. The molecule has 0 bridgehead atoms. The fourth-order valence-electron chi connectivity index (χ4n) is 5.11. The number of nitrogens with zero attached hydrogens (tertiary/aromatic N) is 2. The number of aryl methyl sites for hydroxylation is 1. The predicted molar refractivity (Wildman–Crippen MR) is 171 cm³/mol. The van der Waals surface area contributed by atoms with Gasteiger partial charge in [-0.05, 0) is 41.0 Å². The van der Waals surface area contributed by atoms with Crippen molar-refractivity contribution < 1.29 is 24.5 Å². The van der Waals surface area contributed by atoms with Gasteiger partial charge >= 0.3 is 0 Å². The van der Waals surface area contributed by atoms with E-state index in [1.54, 1.807) is 6.20 Å². The van der Waals surface area contributed by atoms with Gasteiger partial charge in [-0.15, -0.1) is 53.6 Å². The van der Waals surface area contributed by atoms with E-state index in [9.17, 15) is 0 Å². The van der Waals surface area contributed by atoms with E-state index in [1.807, 2.05) is 60.7 Å². The van der Waals surface area contributed by atoms with E-state index in [0.29, 0.717) is 5.92 Å². The summed E-state index contributed by atoms with van der Waals surface area (Å²) in [6, 6.07) is 32.9. The number of hydrogen-bond acceptors (Lipinski definition) is 3. The number of rotatable bonds is 5. The van der Waals surface area contributed by atoms with E-state index >= 15 is 0 Å². The van der Waals surface area contributed by atoms with Crippen LogP contribution in [-0.4, -0.2) is 18.0 Å². The number of fused-ring (bicyclic) bond motifs is 3. The first-order chi connectivity index (χ1) is 19.2. The summed E-state index contributed by atoms with van der Waals surface area (Å²) in [6.07, 6.45) is 5.03. The quantitative estimate of drug-likeness (QED) is 0.131. The molecule has 3 nitrogen and oxygen atoms in total. The van der Waals surface area contributed by atoms with Gasteiger partial charge in [0.25, 0.3) is 0 Å². The smallest absolute Gasteiger partial charge is 0.120 e. The van der Waals surface area contributed by atoms with Gasteiger partial charge in [0.2, 0.25) is 0 Å². The van der Waals surface area contributed by atoms with Gasteiger partial charge in [-0.25, -0.2) is 0 Å². The van der Waals surface area contributed by atoms with E-state index in [0.717, 1.165) is 50.9 Å². The van der Waals surface area contributed by atoms with Crippen molar-refractivity contribution >= 4 is 35.2 Å². The molecule has 0 saturated carbocycles. The molecular formula is C36H36IrN2OSi-2. The third-order valence-electron chi connectivity index (χ3n) is 6.98. The molecule has 41 heavy (non-hydrogen) atoms. The third-order valence-corrected chi connectivity index (χ3v) is 9.05. The summed E-state index contributed by atoms with van der Waals surface area (Å²) < 4.78 is 6.05. The molecule has 211 valence electrons. The number of furan rings is 1. The van der Waals surface area contributed by atoms with Crippen LogP contribution in [0.5, 0.6) is 0 Å². The number of hydrogen-bond donors (Lipinski definition) is 0. The topological polar surface area (TPSA) is 38.9 Å². The molecule has 0 fully saturated rings. The minimum atomic E-state index is -1.34. The van der Waals surface area contributed by atoms with E-state index in [1.165, 1.54) is 16.3 Å². The molecule has 0 N–H and O–H groups in total. The first-order valence-corrected chi connectivity index (χ1v) is 17.4. The van der Waals surface area contributed by atoms with Gasteiger partial charge in [-0.2, -0.15) is 0 Å². The van der Waals surface area contributed by atoms with E-state index in [4.69, 9.17) is 4.42 Å². The standard InChI is InChI=1S/C18H12NO.C18H24NSi.Ir/c1-12-9-10-13(15-7-4-5-11-19-15)18-17(12)14-6-2-3-8-16(14)20-18;1-14(2)11-16-12-17(15-9-7-6-8-10-15)19-13-18(16)20(3,4)5;/h2-9,11H,1H3;6-9,12-14H,11H2,1-5H3;/q2*-1;. The molecule has 1 radical (unpaired) electrons. The van der Waals surface area contributed by atoms with Crippen LogP contribution in [0.1, 0.15) is 25.0 Å². The average molecular weight is 733 g/mol. The molecule has 0 unspecified atom stereocenters. The van der Waals surface area contributed by atoms with Crippen LogP contribution in [0, 0.1) is 25.0 Å². The van der Waals surface area contributed by atoms with Crippen LogP contribution < -0.4 is 5.19 Å². The second kappa shape index (κ2) is 13.1. The Balaban J connectivity index is 0.000000184. The Morgan fingerprint density at radius 3 is 2.32 bits per heavy atom. The van der Waals surface area contributed by atoms with E-state index in [-0.39, 0.29) is 20.1 Å². The molecule has 6 aromatic rings. The summed E-state index contributed by atoms with van der Waals surface area (Å²) in [7, 11) is -1.34. The van der Waals surface area contributed by atoms with Crippen molar-refractivity contribution in [2.24, 2.45) is 5.92 Å². The van der Waals surface area contributed by atoms with Crippen molar-refractivity contribution in [2.75, 3.05) is 0 Å². The average Bonchev–Trinajstić information content (AvgIpc) is 3.34. The zero-order chi connectivity index (χ0) is 28.3. The van der Waals surface area contributed by atoms with Crippen LogP contribution in [0.25, 0.3) is 44.5 Å². The molecule has 3 aromatic heterocycles. The summed E-state index contributed by atoms with van der Waals surface area (Å²) in [5.74, 6) is 0.667.